The molecule has 4 rings (SSSR count). The van der Waals surface area contributed by atoms with Gasteiger partial charge in [-0.05, 0) is 55.5 Å². The van der Waals surface area contributed by atoms with Gasteiger partial charge in [0.1, 0.15) is 17.1 Å². The largest absolute Gasteiger partial charge is 0.495 e. The molecule has 0 saturated heterocycles. The number of hydrogen-bond donors (Lipinski definition) is 1. The molecule has 33 heavy (non-hydrogen) atoms. The quantitative estimate of drug-likeness (QED) is 0.412. The van der Waals surface area contributed by atoms with Crippen molar-refractivity contribution in [2.75, 3.05) is 18.9 Å². The predicted octanol–water partition coefficient (Wildman–Crippen LogP) is 5.08. The van der Waals surface area contributed by atoms with Crippen molar-refractivity contribution >= 4 is 32.6 Å². The van der Waals surface area contributed by atoms with Crippen LogP contribution >= 0.6 is 0 Å². The summed E-state index contributed by atoms with van der Waals surface area (Å²) in [6, 6.07) is 21.8. The topological polar surface area (TPSA) is 88.8 Å². The van der Waals surface area contributed by atoms with Gasteiger partial charge in [-0.25, -0.2) is 8.42 Å². The maximum Gasteiger partial charge on any atom is 0.262 e. The van der Waals surface area contributed by atoms with E-state index in [0.29, 0.717) is 22.8 Å². The molecule has 3 aromatic carbocycles. The highest BCUT2D eigenvalue weighted by Crippen LogP contribution is 2.29. The van der Waals surface area contributed by atoms with Crippen LogP contribution in [0.2, 0.25) is 0 Å². The number of hydrogen-bond acceptors (Lipinski definition) is 5. The standard InChI is InChI=1S/C25H24N2O5S/c1-17(24-16-19-8-4-6-10-22(19)32-24)27(2)25(28)18-12-14-20(15-13-18)33(29,30)26-21-9-5-7-11-23(21)31-3/h4-17,26H,1-3H3. The minimum absolute atomic E-state index is 0.0398. The Hall–Kier alpha value is -3.78. The number of amides is 1. The molecule has 1 unspecified atom stereocenters. The monoisotopic (exact) mass is 464 g/mol. The molecule has 7 nitrogen and oxygen atoms in total. The first-order chi connectivity index (χ1) is 15.8. The first kappa shape index (κ1) is 22.4. The second kappa shape index (κ2) is 8.99. The molecule has 0 aliphatic heterocycles. The van der Waals surface area contributed by atoms with Gasteiger partial charge in [0, 0.05) is 18.0 Å². The maximum absolute atomic E-state index is 13.0. The highest BCUT2D eigenvalue weighted by molar-refractivity contribution is 7.92. The summed E-state index contributed by atoms with van der Waals surface area (Å²) >= 11 is 0. The smallest absolute Gasteiger partial charge is 0.262 e. The van der Waals surface area contributed by atoms with Gasteiger partial charge in [0.05, 0.1) is 23.7 Å². The van der Waals surface area contributed by atoms with Crippen LogP contribution in [0.4, 0.5) is 5.69 Å². The van der Waals surface area contributed by atoms with Crippen molar-refractivity contribution in [3.8, 4) is 5.75 Å². The number of para-hydroxylation sites is 3. The Balaban J connectivity index is 1.51. The molecule has 4 aromatic rings. The van der Waals surface area contributed by atoms with Crippen molar-refractivity contribution in [3.63, 3.8) is 0 Å². The number of carbonyl (C=O) groups is 1. The van der Waals surface area contributed by atoms with E-state index in [1.54, 1.807) is 36.2 Å². The summed E-state index contributed by atoms with van der Waals surface area (Å²) in [5, 5.41) is 0.970. The summed E-state index contributed by atoms with van der Waals surface area (Å²) in [7, 11) is -0.695. The lowest BCUT2D eigenvalue weighted by molar-refractivity contribution is 0.0727. The van der Waals surface area contributed by atoms with Gasteiger partial charge in [-0.15, -0.1) is 0 Å². The molecule has 0 fully saturated rings. The van der Waals surface area contributed by atoms with E-state index >= 15 is 0 Å². The number of benzene rings is 3. The molecule has 1 amide bonds. The van der Waals surface area contributed by atoms with Crippen LogP contribution in [0.5, 0.6) is 5.75 Å². The summed E-state index contributed by atoms with van der Waals surface area (Å²) in [5.74, 6) is 0.839. The normalized spacial score (nSPS) is 12.3. The lowest BCUT2D eigenvalue weighted by Gasteiger charge is -2.23. The van der Waals surface area contributed by atoms with Crippen molar-refractivity contribution < 1.29 is 22.4 Å². The summed E-state index contributed by atoms with van der Waals surface area (Å²) < 4.78 is 39.2. The zero-order valence-electron chi connectivity index (χ0n) is 18.5. The van der Waals surface area contributed by atoms with Gasteiger partial charge >= 0.3 is 0 Å². The third-order valence-electron chi connectivity index (χ3n) is 5.52. The summed E-state index contributed by atoms with van der Waals surface area (Å²) in [4.78, 5) is 14.6. The number of methoxy groups -OCH3 is 1. The third-order valence-corrected chi connectivity index (χ3v) is 6.90. The van der Waals surface area contributed by atoms with E-state index in [-0.39, 0.29) is 16.8 Å². The second-order valence-corrected chi connectivity index (χ2v) is 9.29. The Morgan fingerprint density at radius 1 is 1.00 bits per heavy atom. The number of fused-ring (bicyclic) bond motifs is 1. The SMILES string of the molecule is COc1ccccc1NS(=O)(=O)c1ccc(C(=O)N(C)C(C)c2cc3ccccc3o2)cc1. The van der Waals surface area contributed by atoms with Crippen molar-refractivity contribution in [3.05, 3.63) is 90.2 Å². The van der Waals surface area contributed by atoms with E-state index in [9.17, 15) is 13.2 Å². The number of carbonyl (C=O) groups excluding carboxylic acids is 1. The first-order valence-corrected chi connectivity index (χ1v) is 11.8. The van der Waals surface area contributed by atoms with Gasteiger partial charge in [0.2, 0.25) is 0 Å². The molecule has 0 aliphatic carbocycles. The fourth-order valence-electron chi connectivity index (χ4n) is 3.49. The van der Waals surface area contributed by atoms with Crippen LogP contribution in [0, 0.1) is 0 Å². The zero-order valence-corrected chi connectivity index (χ0v) is 19.3. The molecule has 1 aromatic heterocycles. The summed E-state index contributed by atoms with van der Waals surface area (Å²) in [5.41, 5.74) is 1.47. The van der Waals surface area contributed by atoms with E-state index in [2.05, 4.69) is 4.72 Å². The highest BCUT2D eigenvalue weighted by atomic mass is 32.2. The average molecular weight is 465 g/mol. The van der Waals surface area contributed by atoms with Crippen molar-refractivity contribution in [1.29, 1.82) is 0 Å². The maximum atomic E-state index is 13.0. The van der Waals surface area contributed by atoms with E-state index < -0.39 is 10.0 Å². The van der Waals surface area contributed by atoms with Gasteiger partial charge in [-0.1, -0.05) is 30.3 Å². The van der Waals surface area contributed by atoms with Gasteiger partial charge in [-0.2, -0.15) is 0 Å². The predicted molar refractivity (Wildman–Crippen MR) is 127 cm³/mol. The number of anilines is 1. The molecule has 1 atom stereocenters. The number of sulfonamides is 1. The average Bonchev–Trinajstić information content (AvgIpc) is 3.27. The number of nitrogens with one attached hydrogen (secondary N) is 1. The molecular weight excluding hydrogens is 440 g/mol. The van der Waals surface area contributed by atoms with Crippen molar-refractivity contribution in [1.82, 2.24) is 4.90 Å². The molecule has 0 bridgehead atoms. The van der Waals surface area contributed by atoms with Gasteiger partial charge in [0.25, 0.3) is 15.9 Å². The van der Waals surface area contributed by atoms with Crippen LogP contribution in [-0.4, -0.2) is 33.4 Å². The second-order valence-electron chi connectivity index (χ2n) is 7.61. The van der Waals surface area contributed by atoms with Gasteiger partial charge < -0.3 is 14.1 Å². The Kier molecular flexibility index (Phi) is 6.11. The van der Waals surface area contributed by atoms with Gasteiger partial charge in [-0.3, -0.25) is 9.52 Å². The van der Waals surface area contributed by atoms with Gasteiger partial charge in [0.15, 0.2) is 0 Å². The minimum atomic E-state index is -3.85. The Bertz CT molecular complexity index is 1360. The van der Waals surface area contributed by atoms with E-state index in [4.69, 9.17) is 9.15 Å². The Morgan fingerprint density at radius 3 is 2.36 bits per heavy atom. The fourth-order valence-corrected chi connectivity index (χ4v) is 4.56. The number of ether oxygens (including phenoxy) is 1. The number of furan rings is 1. The van der Waals surface area contributed by atoms with Crippen LogP contribution in [0.25, 0.3) is 11.0 Å². The summed E-state index contributed by atoms with van der Waals surface area (Å²) in [6.07, 6.45) is 0. The van der Waals surface area contributed by atoms with Crippen molar-refractivity contribution in [2.24, 2.45) is 0 Å². The lowest BCUT2D eigenvalue weighted by atomic mass is 10.1. The molecule has 0 aliphatic rings. The molecule has 170 valence electrons. The fraction of sp³-hybridized carbons (Fsp3) is 0.160. The molecule has 1 heterocycles. The number of nitrogens with zero attached hydrogens (tertiary/aromatic N) is 1. The molecule has 0 radical (unpaired) electrons. The van der Waals surface area contributed by atoms with Crippen LogP contribution < -0.4 is 9.46 Å². The molecule has 8 heteroatoms. The molecule has 1 N–H and O–H groups in total. The Morgan fingerprint density at radius 2 is 1.67 bits per heavy atom. The summed E-state index contributed by atoms with van der Waals surface area (Å²) in [6.45, 7) is 1.88. The zero-order chi connectivity index (χ0) is 23.6. The molecular formula is C25H24N2O5S. The van der Waals surface area contributed by atoms with Crippen LogP contribution in [0.3, 0.4) is 0 Å². The van der Waals surface area contributed by atoms with Crippen LogP contribution in [-0.2, 0) is 10.0 Å². The third kappa shape index (κ3) is 4.56. The van der Waals surface area contributed by atoms with E-state index in [0.717, 1.165) is 11.0 Å². The van der Waals surface area contributed by atoms with Crippen LogP contribution in [0.15, 0.2) is 88.2 Å². The first-order valence-electron chi connectivity index (χ1n) is 10.3. The highest BCUT2D eigenvalue weighted by Gasteiger charge is 2.23. The van der Waals surface area contributed by atoms with E-state index in [1.165, 1.54) is 31.4 Å². The van der Waals surface area contributed by atoms with Crippen molar-refractivity contribution in [2.45, 2.75) is 17.9 Å². The Labute approximate surface area is 192 Å². The molecule has 0 spiro atoms. The number of rotatable bonds is 7. The van der Waals surface area contributed by atoms with E-state index in [1.807, 2.05) is 37.3 Å². The van der Waals surface area contributed by atoms with Crippen LogP contribution in [0.1, 0.15) is 29.1 Å². The minimum Gasteiger partial charge on any atom is -0.495 e. The lowest BCUT2D eigenvalue weighted by Crippen LogP contribution is -2.29. The molecule has 0 saturated carbocycles.